The maximum atomic E-state index is 9.75. The molecule has 1 atom stereocenters. The molecule has 0 radical (unpaired) electrons. The Morgan fingerprint density at radius 3 is 1.82 bits per heavy atom. The molecule has 0 saturated carbocycles. The van der Waals surface area contributed by atoms with Crippen molar-refractivity contribution in [3.63, 3.8) is 0 Å². The molecule has 0 saturated heterocycles. The minimum Gasteiger partial charge on any atom is -0.494 e. The van der Waals surface area contributed by atoms with Crippen LogP contribution in [-0.4, -0.2) is 21.3 Å². The minimum absolute atomic E-state index is 0.559. The van der Waals surface area contributed by atoms with Gasteiger partial charge in [-0.15, -0.1) is 6.42 Å². The van der Waals surface area contributed by atoms with E-state index in [-0.39, 0.29) is 0 Å². The predicted octanol–water partition coefficient (Wildman–Crippen LogP) is 6.40. The van der Waals surface area contributed by atoms with Gasteiger partial charge < -0.3 is 14.4 Å². The van der Waals surface area contributed by atoms with Crippen molar-refractivity contribution in [3.8, 4) is 18.1 Å². The molecule has 5 aromatic rings. The van der Waals surface area contributed by atoms with Crippen molar-refractivity contribution >= 4 is 0 Å². The minimum atomic E-state index is -0.895. The van der Waals surface area contributed by atoms with Gasteiger partial charge in [0.05, 0.1) is 18.6 Å². The van der Waals surface area contributed by atoms with Crippen LogP contribution in [0.25, 0.3) is 0 Å². The van der Waals surface area contributed by atoms with E-state index in [9.17, 15) is 5.11 Å². The molecule has 188 valence electrons. The van der Waals surface area contributed by atoms with E-state index in [0.29, 0.717) is 12.2 Å². The summed E-state index contributed by atoms with van der Waals surface area (Å²) < 4.78 is 8.15. The molecule has 1 unspecified atom stereocenters. The van der Waals surface area contributed by atoms with Gasteiger partial charge in [-0.2, -0.15) is 0 Å². The lowest BCUT2D eigenvalue weighted by atomic mass is 9.77. The summed E-state index contributed by atoms with van der Waals surface area (Å²) in [6.07, 6.45) is 10.1. The topological polar surface area (TPSA) is 47.3 Å². The average molecular weight is 499 g/mol. The second-order valence-electron chi connectivity index (χ2n) is 9.17. The summed E-state index contributed by atoms with van der Waals surface area (Å²) >= 11 is 0. The molecule has 0 aliphatic heterocycles. The molecular weight excluding hydrogens is 468 g/mol. The van der Waals surface area contributed by atoms with Crippen LogP contribution in [0.2, 0.25) is 0 Å². The van der Waals surface area contributed by atoms with E-state index in [2.05, 4.69) is 89.5 Å². The lowest BCUT2D eigenvalue weighted by Crippen LogP contribution is -2.36. The number of hydrogen-bond donors (Lipinski definition) is 1. The lowest BCUT2D eigenvalue weighted by molar-refractivity contribution is 0.238. The van der Waals surface area contributed by atoms with Gasteiger partial charge in [0.25, 0.3) is 0 Å². The number of nitrogens with zero attached hydrogens (tertiary/aromatic N) is 2. The van der Waals surface area contributed by atoms with Crippen LogP contribution in [0.3, 0.4) is 0 Å². The first-order valence-corrected chi connectivity index (χ1v) is 12.8. The number of rotatable bonds is 10. The summed E-state index contributed by atoms with van der Waals surface area (Å²) in [6, 6.07) is 39.0. The first kappa shape index (κ1) is 25.1. The van der Waals surface area contributed by atoms with E-state index >= 15 is 0 Å². The highest BCUT2D eigenvalue weighted by Crippen LogP contribution is 2.40. The number of terminal acetylenes is 1. The monoisotopic (exact) mass is 498 g/mol. The van der Waals surface area contributed by atoms with Gasteiger partial charge in [0, 0.05) is 6.20 Å². The number of aliphatic hydroxyl groups excluding tert-OH is 1. The van der Waals surface area contributed by atoms with E-state index in [1.165, 1.54) is 16.7 Å². The molecule has 0 amide bonds. The number of ether oxygens (including phenoxy) is 1. The SMILES string of the molecule is C#CC(O)c1ccc(OCCCc2cn(C(c3ccccc3)(c3ccccc3)c3ccccc3)cn2)cc1. The Labute approximate surface area is 224 Å². The molecule has 4 nitrogen and oxygen atoms in total. The van der Waals surface area contributed by atoms with E-state index in [1.54, 1.807) is 12.1 Å². The van der Waals surface area contributed by atoms with Crippen molar-refractivity contribution in [3.05, 3.63) is 156 Å². The highest BCUT2D eigenvalue weighted by molar-refractivity contribution is 5.50. The summed E-state index contributed by atoms with van der Waals surface area (Å²) in [5.74, 6) is 3.07. The van der Waals surface area contributed by atoms with E-state index in [0.717, 1.165) is 24.3 Å². The van der Waals surface area contributed by atoms with Crippen LogP contribution < -0.4 is 4.74 Å². The third-order valence-electron chi connectivity index (χ3n) is 6.80. The number of aryl methyl sites for hydroxylation is 1. The van der Waals surface area contributed by atoms with Crippen LogP contribution in [0.5, 0.6) is 5.75 Å². The fraction of sp³-hybridized carbons (Fsp3) is 0.147. The molecule has 38 heavy (non-hydrogen) atoms. The number of benzene rings is 4. The first-order valence-electron chi connectivity index (χ1n) is 12.8. The van der Waals surface area contributed by atoms with Crippen LogP contribution in [-0.2, 0) is 12.0 Å². The Morgan fingerprint density at radius 2 is 1.32 bits per heavy atom. The molecular formula is C34H30N2O2. The van der Waals surface area contributed by atoms with Crippen molar-refractivity contribution in [2.45, 2.75) is 24.5 Å². The number of hydrogen-bond acceptors (Lipinski definition) is 3. The molecule has 0 aliphatic carbocycles. The highest BCUT2D eigenvalue weighted by atomic mass is 16.5. The number of aliphatic hydroxyl groups is 1. The molecule has 1 heterocycles. The molecule has 1 aromatic heterocycles. The highest BCUT2D eigenvalue weighted by Gasteiger charge is 2.38. The average Bonchev–Trinajstić information content (AvgIpc) is 3.46. The number of imidazole rings is 1. The van der Waals surface area contributed by atoms with E-state index in [1.807, 2.05) is 36.7 Å². The molecule has 0 aliphatic rings. The van der Waals surface area contributed by atoms with Crippen molar-refractivity contribution in [2.24, 2.45) is 0 Å². The quantitative estimate of drug-likeness (QED) is 0.138. The van der Waals surface area contributed by atoms with Crippen LogP contribution in [0.15, 0.2) is 128 Å². The van der Waals surface area contributed by atoms with Gasteiger partial charge >= 0.3 is 0 Å². The first-order chi connectivity index (χ1) is 18.7. The molecule has 5 rings (SSSR count). The zero-order valence-electron chi connectivity index (χ0n) is 21.2. The largest absolute Gasteiger partial charge is 0.494 e. The number of aromatic nitrogens is 2. The smallest absolute Gasteiger partial charge is 0.139 e. The zero-order chi connectivity index (χ0) is 26.2. The van der Waals surface area contributed by atoms with E-state index < -0.39 is 11.6 Å². The van der Waals surface area contributed by atoms with Gasteiger partial charge in [-0.1, -0.05) is 109 Å². The molecule has 4 aromatic carbocycles. The summed E-state index contributed by atoms with van der Waals surface area (Å²) in [5.41, 5.74) is 4.64. The van der Waals surface area contributed by atoms with Crippen molar-refractivity contribution in [2.75, 3.05) is 6.61 Å². The second kappa shape index (κ2) is 11.6. The molecule has 0 fully saturated rings. The normalized spacial score (nSPS) is 12.0. The molecule has 4 heteroatoms. The van der Waals surface area contributed by atoms with Gasteiger partial charge in [-0.25, -0.2) is 4.98 Å². The van der Waals surface area contributed by atoms with Gasteiger partial charge in [0.2, 0.25) is 0 Å². The summed E-state index contributed by atoms with van der Waals surface area (Å²) in [7, 11) is 0. The van der Waals surface area contributed by atoms with Crippen LogP contribution >= 0.6 is 0 Å². The summed E-state index contributed by atoms with van der Waals surface area (Å²) in [5, 5.41) is 9.75. The Hall–Kier alpha value is -4.59. The Morgan fingerprint density at radius 1 is 0.789 bits per heavy atom. The zero-order valence-corrected chi connectivity index (χ0v) is 21.2. The fourth-order valence-electron chi connectivity index (χ4n) is 4.95. The van der Waals surface area contributed by atoms with Crippen LogP contribution in [0.4, 0.5) is 0 Å². The fourth-order valence-corrected chi connectivity index (χ4v) is 4.95. The van der Waals surface area contributed by atoms with Gasteiger partial charge in [-0.05, 0) is 47.2 Å². The van der Waals surface area contributed by atoms with Gasteiger partial charge in [-0.3, -0.25) is 0 Å². The Balaban J connectivity index is 1.39. The van der Waals surface area contributed by atoms with Crippen LogP contribution in [0.1, 0.15) is 40.5 Å². The van der Waals surface area contributed by atoms with Crippen molar-refractivity contribution in [1.29, 1.82) is 0 Å². The lowest BCUT2D eigenvalue weighted by Gasteiger charge is -2.37. The predicted molar refractivity (Wildman–Crippen MR) is 151 cm³/mol. The molecule has 0 spiro atoms. The van der Waals surface area contributed by atoms with Crippen molar-refractivity contribution < 1.29 is 9.84 Å². The standard InChI is InChI=1S/C34H30N2O2/c1-2-33(37)27-20-22-32(23-21-27)38-24-12-19-31-25-36(26-35-31)34(28-13-6-3-7-14-28,29-15-8-4-9-16-29)30-17-10-5-11-18-30/h1,3-11,13-18,20-23,25-26,33,37H,12,19,24H2. The summed E-state index contributed by atoms with van der Waals surface area (Å²) in [6.45, 7) is 0.561. The van der Waals surface area contributed by atoms with Crippen LogP contribution in [0, 0.1) is 12.3 Å². The third-order valence-corrected chi connectivity index (χ3v) is 6.80. The van der Waals surface area contributed by atoms with E-state index in [4.69, 9.17) is 16.1 Å². The molecule has 0 bridgehead atoms. The van der Waals surface area contributed by atoms with Gasteiger partial charge in [0.1, 0.15) is 17.4 Å². The second-order valence-corrected chi connectivity index (χ2v) is 9.17. The third kappa shape index (κ3) is 5.11. The summed E-state index contributed by atoms with van der Waals surface area (Å²) in [4.78, 5) is 4.80. The maximum Gasteiger partial charge on any atom is 0.139 e. The Kier molecular flexibility index (Phi) is 7.68. The van der Waals surface area contributed by atoms with Crippen molar-refractivity contribution in [1.82, 2.24) is 9.55 Å². The molecule has 1 N–H and O–H groups in total. The maximum absolute atomic E-state index is 9.75. The van der Waals surface area contributed by atoms with Gasteiger partial charge in [0.15, 0.2) is 0 Å². The Bertz CT molecular complexity index is 1370.